The van der Waals surface area contributed by atoms with Crippen molar-refractivity contribution in [2.24, 2.45) is 5.73 Å². The summed E-state index contributed by atoms with van der Waals surface area (Å²) in [4.78, 5) is 11.0. The van der Waals surface area contributed by atoms with Crippen LogP contribution in [0.3, 0.4) is 0 Å². The maximum atomic E-state index is 11.2. The molecule has 5 nitrogen and oxygen atoms in total. The first-order valence-electron chi connectivity index (χ1n) is 4.69. The number of hydrogen-bond acceptors (Lipinski definition) is 2. The fourth-order valence-corrected chi connectivity index (χ4v) is 2.00. The molecule has 0 fully saturated rings. The second-order valence-electron chi connectivity index (χ2n) is 3.47. The molecular formula is C10H14N2O3S. The maximum Gasteiger partial charge on any atom is 0.262 e. The summed E-state index contributed by atoms with van der Waals surface area (Å²) in [5.41, 5.74) is 6.55. The van der Waals surface area contributed by atoms with Crippen molar-refractivity contribution in [1.29, 1.82) is 0 Å². The van der Waals surface area contributed by atoms with Crippen molar-refractivity contribution in [3.63, 3.8) is 0 Å². The molecule has 1 amide bonds. The number of primary amides is 1. The molecule has 1 rings (SSSR count). The Balaban J connectivity index is 3.12. The molecule has 1 aromatic rings. The Hall–Kier alpha value is -1.40. The number of nitrogens with zero attached hydrogens (tertiary/aromatic N) is 1. The highest BCUT2D eigenvalue weighted by molar-refractivity contribution is 7.80. The van der Waals surface area contributed by atoms with Gasteiger partial charge in [-0.2, -0.15) is 0 Å². The molecule has 0 bridgehead atoms. The first kappa shape index (κ1) is 12.7. The van der Waals surface area contributed by atoms with Crippen LogP contribution in [0.15, 0.2) is 24.3 Å². The van der Waals surface area contributed by atoms with Crippen molar-refractivity contribution in [2.75, 3.05) is 4.31 Å². The molecule has 0 radical (unpaired) electrons. The monoisotopic (exact) mass is 242 g/mol. The van der Waals surface area contributed by atoms with Crippen molar-refractivity contribution in [3.05, 3.63) is 29.8 Å². The van der Waals surface area contributed by atoms with E-state index in [1.807, 2.05) is 13.0 Å². The molecule has 0 aliphatic rings. The normalized spacial score (nSPS) is 14.2. The number of benzene rings is 1. The Bertz CT molecular complexity index is 422. The van der Waals surface area contributed by atoms with Crippen LogP contribution in [0.2, 0.25) is 0 Å². The van der Waals surface area contributed by atoms with Crippen LogP contribution in [0.25, 0.3) is 0 Å². The predicted molar refractivity (Wildman–Crippen MR) is 63.1 cm³/mol. The molecule has 6 heteroatoms. The van der Waals surface area contributed by atoms with E-state index >= 15 is 0 Å². The Kier molecular flexibility index (Phi) is 4.03. The second-order valence-corrected chi connectivity index (χ2v) is 4.33. The Morgan fingerprint density at radius 1 is 1.56 bits per heavy atom. The van der Waals surface area contributed by atoms with Gasteiger partial charge in [0.1, 0.15) is 6.04 Å². The molecule has 0 saturated heterocycles. The van der Waals surface area contributed by atoms with Crippen molar-refractivity contribution in [2.45, 2.75) is 19.9 Å². The highest BCUT2D eigenvalue weighted by Gasteiger charge is 2.23. The standard InChI is InChI=1S/C10H14N2O3S/c1-7-4-3-5-9(6-7)12(16(14)15)8(2)10(11)13/h3-6,8H,1-2H3,(H2,11,13)(H,14,15). The molecule has 0 spiro atoms. The summed E-state index contributed by atoms with van der Waals surface area (Å²) in [5, 5.41) is 0. The number of carbonyl (C=O) groups excluding carboxylic acids is 1. The van der Waals surface area contributed by atoms with Gasteiger partial charge in [0, 0.05) is 0 Å². The highest BCUT2D eigenvalue weighted by atomic mass is 32.2. The van der Waals surface area contributed by atoms with Crippen molar-refractivity contribution < 1.29 is 13.6 Å². The fraction of sp³-hybridized carbons (Fsp3) is 0.300. The third kappa shape index (κ3) is 2.80. The van der Waals surface area contributed by atoms with Gasteiger partial charge in [-0.1, -0.05) is 12.1 Å². The van der Waals surface area contributed by atoms with Gasteiger partial charge in [0.05, 0.1) is 5.69 Å². The van der Waals surface area contributed by atoms with Crippen LogP contribution >= 0.6 is 0 Å². The van der Waals surface area contributed by atoms with Crippen molar-refractivity contribution >= 4 is 22.9 Å². The molecule has 1 aromatic carbocycles. The van der Waals surface area contributed by atoms with Crippen LogP contribution in [0, 0.1) is 6.92 Å². The van der Waals surface area contributed by atoms with Gasteiger partial charge >= 0.3 is 0 Å². The SMILES string of the molecule is Cc1cccc(N(C(C)C(N)=O)S(=O)O)c1. The van der Waals surface area contributed by atoms with Gasteiger partial charge in [-0.05, 0) is 31.5 Å². The summed E-state index contributed by atoms with van der Waals surface area (Å²) in [5.74, 6) is -0.649. The van der Waals surface area contributed by atoms with Crippen LogP contribution in [0.1, 0.15) is 12.5 Å². The van der Waals surface area contributed by atoms with Gasteiger partial charge in [0.15, 0.2) is 0 Å². The molecule has 0 aromatic heterocycles. The Labute approximate surface area is 96.7 Å². The lowest BCUT2D eigenvalue weighted by atomic mass is 10.2. The van der Waals surface area contributed by atoms with E-state index in [1.165, 1.54) is 6.92 Å². The molecule has 2 atom stereocenters. The number of aryl methyl sites for hydroxylation is 1. The van der Waals surface area contributed by atoms with Gasteiger partial charge in [0.2, 0.25) is 5.91 Å². The van der Waals surface area contributed by atoms with Gasteiger partial charge in [-0.15, -0.1) is 0 Å². The number of nitrogens with two attached hydrogens (primary N) is 1. The summed E-state index contributed by atoms with van der Waals surface area (Å²) < 4.78 is 21.4. The van der Waals surface area contributed by atoms with Crippen LogP contribution in [0.4, 0.5) is 5.69 Å². The first-order chi connectivity index (χ1) is 7.43. The molecule has 0 aliphatic carbocycles. The van der Waals surface area contributed by atoms with Crippen LogP contribution in [0.5, 0.6) is 0 Å². The van der Waals surface area contributed by atoms with Crippen LogP contribution < -0.4 is 10.0 Å². The average molecular weight is 242 g/mol. The summed E-state index contributed by atoms with van der Waals surface area (Å²) in [6.45, 7) is 3.34. The van der Waals surface area contributed by atoms with Crippen LogP contribution in [-0.2, 0) is 16.1 Å². The smallest absolute Gasteiger partial charge is 0.262 e. The Morgan fingerprint density at radius 2 is 2.19 bits per heavy atom. The second kappa shape index (κ2) is 5.09. The zero-order valence-electron chi connectivity index (χ0n) is 9.08. The number of amides is 1. The van der Waals surface area contributed by atoms with Crippen molar-refractivity contribution in [1.82, 2.24) is 0 Å². The lowest BCUT2D eigenvalue weighted by Gasteiger charge is -2.24. The Morgan fingerprint density at radius 3 is 2.62 bits per heavy atom. The van der Waals surface area contributed by atoms with E-state index in [1.54, 1.807) is 18.2 Å². The van der Waals surface area contributed by atoms with Gasteiger partial charge < -0.3 is 5.73 Å². The quantitative estimate of drug-likeness (QED) is 0.766. The fourth-order valence-electron chi connectivity index (χ4n) is 1.33. The topological polar surface area (TPSA) is 83.6 Å². The minimum atomic E-state index is -2.28. The van der Waals surface area contributed by atoms with E-state index in [-0.39, 0.29) is 0 Å². The van der Waals surface area contributed by atoms with E-state index in [2.05, 4.69) is 0 Å². The zero-order chi connectivity index (χ0) is 12.3. The first-order valence-corrected chi connectivity index (χ1v) is 5.76. The molecule has 88 valence electrons. The van der Waals surface area contributed by atoms with E-state index in [0.29, 0.717) is 5.69 Å². The molecular weight excluding hydrogens is 228 g/mol. The number of anilines is 1. The van der Waals surface area contributed by atoms with Gasteiger partial charge in [-0.3, -0.25) is 13.7 Å². The minimum Gasteiger partial charge on any atom is -0.368 e. The molecule has 0 heterocycles. The van der Waals surface area contributed by atoms with Crippen LogP contribution in [-0.4, -0.2) is 20.7 Å². The lowest BCUT2D eigenvalue weighted by Crippen LogP contribution is -2.43. The predicted octanol–water partition coefficient (Wildman–Crippen LogP) is 0.812. The van der Waals surface area contributed by atoms with E-state index in [0.717, 1.165) is 9.87 Å². The summed E-state index contributed by atoms with van der Waals surface area (Å²) in [6, 6.07) is 6.14. The largest absolute Gasteiger partial charge is 0.368 e. The third-order valence-corrected chi connectivity index (χ3v) is 3.05. The summed E-state index contributed by atoms with van der Waals surface area (Å²) in [7, 11) is 0. The number of hydrogen-bond donors (Lipinski definition) is 2. The van der Waals surface area contributed by atoms with Gasteiger partial charge in [-0.25, -0.2) is 4.21 Å². The summed E-state index contributed by atoms with van der Waals surface area (Å²) >= 11 is -2.28. The molecule has 2 unspecified atom stereocenters. The number of rotatable bonds is 4. The highest BCUT2D eigenvalue weighted by Crippen LogP contribution is 2.19. The van der Waals surface area contributed by atoms with Gasteiger partial charge in [0.25, 0.3) is 11.3 Å². The molecule has 16 heavy (non-hydrogen) atoms. The van der Waals surface area contributed by atoms with E-state index < -0.39 is 23.2 Å². The molecule has 3 N–H and O–H groups in total. The molecule has 0 saturated carbocycles. The maximum absolute atomic E-state index is 11.2. The third-order valence-electron chi connectivity index (χ3n) is 2.19. The lowest BCUT2D eigenvalue weighted by molar-refractivity contribution is -0.118. The number of carbonyl (C=O) groups is 1. The molecule has 0 aliphatic heterocycles. The summed E-state index contributed by atoms with van der Waals surface area (Å²) in [6.07, 6.45) is 0. The minimum absolute atomic E-state index is 0.493. The van der Waals surface area contributed by atoms with E-state index in [9.17, 15) is 9.00 Å². The average Bonchev–Trinajstić information content (AvgIpc) is 2.17. The zero-order valence-corrected chi connectivity index (χ0v) is 9.90. The van der Waals surface area contributed by atoms with Crippen molar-refractivity contribution in [3.8, 4) is 0 Å². The van der Waals surface area contributed by atoms with E-state index in [4.69, 9.17) is 10.3 Å².